The minimum absolute atomic E-state index is 0.0703. The molecule has 6 aromatic rings. The van der Waals surface area contributed by atoms with Crippen molar-refractivity contribution < 1.29 is 13.6 Å². The van der Waals surface area contributed by atoms with Crippen LogP contribution >= 0.6 is 0 Å². The van der Waals surface area contributed by atoms with E-state index >= 15 is 0 Å². The van der Waals surface area contributed by atoms with Crippen molar-refractivity contribution in [2.45, 2.75) is 19.0 Å². The van der Waals surface area contributed by atoms with Gasteiger partial charge in [-0.05, 0) is 36.8 Å². The summed E-state index contributed by atoms with van der Waals surface area (Å²) in [5.41, 5.74) is 6.88. The number of fused-ring (bicyclic) bond motifs is 3. The Morgan fingerprint density at radius 2 is 1.92 bits per heavy atom. The van der Waals surface area contributed by atoms with E-state index in [1.165, 1.54) is 27.6 Å². The Morgan fingerprint density at radius 3 is 2.65 bits per heavy atom. The maximum absolute atomic E-state index is 13.8. The largest absolute Gasteiger partial charge is 0.461 e. The van der Waals surface area contributed by atoms with Crippen LogP contribution < -0.4 is 11.1 Å². The topological polar surface area (TPSA) is 142 Å². The number of benzene rings is 1. The monoisotopic (exact) mass is 497 g/mol. The maximum Gasteiger partial charge on any atom is 0.252 e. The summed E-state index contributed by atoms with van der Waals surface area (Å²) >= 11 is 0. The number of hydrogen-bond acceptors (Lipinski definition) is 8. The van der Waals surface area contributed by atoms with Gasteiger partial charge in [-0.1, -0.05) is 30.3 Å². The average Bonchev–Trinajstić information content (AvgIpc) is 3.68. The summed E-state index contributed by atoms with van der Waals surface area (Å²) in [6.07, 6.45) is 4.21. The molecule has 6 rings (SSSR count). The van der Waals surface area contributed by atoms with Gasteiger partial charge in [0.25, 0.3) is 5.91 Å². The fourth-order valence-electron chi connectivity index (χ4n) is 4.21. The highest BCUT2D eigenvalue weighted by molar-refractivity contribution is 5.94. The minimum atomic E-state index is -1.33. The van der Waals surface area contributed by atoms with Gasteiger partial charge in [0.2, 0.25) is 11.8 Å². The number of nitrogens with one attached hydrogen (secondary N) is 1. The van der Waals surface area contributed by atoms with E-state index in [1.807, 2.05) is 30.3 Å². The summed E-state index contributed by atoms with van der Waals surface area (Å²) in [4.78, 5) is 26.9. The molecule has 11 nitrogen and oxygen atoms in total. The van der Waals surface area contributed by atoms with Crippen molar-refractivity contribution in [2.75, 3.05) is 5.73 Å². The number of nitrogens with zero attached hydrogens (tertiary/aromatic N) is 7. The van der Waals surface area contributed by atoms with Gasteiger partial charge in [0, 0.05) is 0 Å². The Morgan fingerprint density at radius 1 is 1.08 bits per heavy atom. The molecule has 0 aliphatic rings. The summed E-state index contributed by atoms with van der Waals surface area (Å²) in [5, 5.41) is 12.4. The molecule has 1 atom stereocenters. The van der Waals surface area contributed by atoms with E-state index in [0.717, 1.165) is 6.20 Å². The SMILES string of the molecule is C[C@](C(=O)NCc1ccc(F)cn1)(c1ccccc1)n1ncc2c1nc(N)n1nc(-c3ccco3)nc21. The van der Waals surface area contributed by atoms with E-state index in [4.69, 9.17) is 10.2 Å². The van der Waals surface area contributed by atoms with Crippen molar-refractivity contribution in [3.8, 4) is 11.6 Å². The normalized spacial score (nSPS) is 13.1. The van der Waals surface area contributed by atoms with Crippen LogP contribution in [-0.4, -0.2) is 40.3 Å². The van der Waals surface area contributed by atoms with E-state index < -0.39 is 11.4 Å². The third-order valence-corrected chi connectivity index (χ3v) is 6.19. The van der Waals surface area contributed by atoms with Crippen LogP contribution in [0.1, 0.15) is 18.2 Å². The van der Waals surface area contributed by atoms with Gasteiger partial charge in [0.15, 0.2) is 22.6 Å². The molecule has 3 N–H and O–H groups in total. The average molecular weight is 497 g/mol. The quantitative estimate of drug-likeness (QED) is 0.358. The van der Waals surface area contributed by atoms with E-state index in [1.54, 1.807) is 25.3 Å². The van der Waals surface area contributed by atoms with Crippen LogP contribution in [0.2, 0.25) is 0 Å². The lowest BCUT2D eigenvalue weighted by Crippen LogP contribution is -2.48. The van der Waals surface area contributed by atoms with Gasteiger partial charge in [-0.2, -0.15) is 14.6 Å². The van der Waals surface area contributed by atoms with Gasteiger partial charge in [-0.25, -0.2) is 14.1 Å². The molecule has 0 saturated heterocycles. The number of pyridine rings is 1. The van der Waals surface area contributed by atoms with Crippen LogP contribution in [0.25, 0.3) is 28.3 Å². The van der Waals surface area contributed by atoms with Crippen molar-refractivity contribution in [3.05, 3.63) is 90.3 Å². The molecule has 1 aromatic carbocycles. The minimum Gasteiger partial charge on any atom is -0.461 e. The summed E-state index contributed by atoms with van der Waals surface area (Å²) in [5.74, 6) is 0.0697. The van der Waals surface area contributed by atoms with Gasteiger partial charge in [-0.15, -0.1) is 5.10 Å². The molecule has 0 radical (unpaired) electrons. The van der Waals surface area contributed by atoms with Crippen LogP contribution in [0.15, 0.2) is 77.7 Å². The summed E-state index contributed by atoms with van der Waals surface area (Å²) in [6.45, 7) is 1.83. The van der Waals surface area contributed by atoms with Crippen LogP contribution in [0.3, 0.4) is 0 Å². The van der Waals surface area contributed by atoms with Crippen molar-refractivity contribution >= 4 is 28.5 Å². The third kappa shape index (κ3) is 3.66. The number of carbonyl (C=O) groups excluding carboxylic acids is 1. The molecule has 5 aromatic heterocycles. The number of nitrogens with two attached hydrogens (primary N) is 1. The zero-order chi connectivity index (χ0) is 25.6. The van der Waals surface area contributed by atoms with Crippen LogP contribution in [0.4, 0.5) is 10.3 Å². The second kappa shape index (κ2) is 8.52. The standard InChI is InChI=1S/C25H20FN9O2/c1-25(15-6-3-2-4-7-15,23(36)29-13-17-10-9-16(26)12-28-17)35-22-18(14-30-35)21-31-20(19-8-5-11-37-19)33-34(21)24(27)32-22/h2-12,14H,13H2,1H3,(H2,27,32)(H,29,36)/t25-/m1/s1. The lowest BCUT2D eigenvalue weighted by molar-refractivity contribution is -0.127. The molecule has 37 heavy (non-hydrogen) atoms. The number of nitrogen functional groups attached to an aromatic ring is 1. The van der Waals surface area contributed by atoms with Gasteiger partial charge in [0.1, 0.15) is 5.82 Å². The lowest BCUT2D eigenvalue weighted by atomic mass is 9.91. The molecule has 0 aliphatic heterocycles. The van der Waals surface area contributed by atoms with Crippen LogP contribution in [0, 0.1) is 5.82 Å². The summed E-state index contributed by atoms with van der Waals surface area (Å²) < 4.78 is 21.6. The number of anilines is 1. The third-order valence-electron chi connectivity index (χ3n) is 6.19. The highest BCUT2D eigenvalue weighted by atomic mass is 19.1. The highest BCUT2D eigenvalue weighted by Gasteiger charge is 2.40. The first-order valence-electron chi connectivity index (χ1n) is 11.3. The van der Waals surface area contributed by atoms with E-state index in [-0.39, 0.29) is 18.4 Å². The number of aromatic nitrogens is 7. The van der Waals surface area contributed by atoms with Gasteiger partial charge in [0.05, 0.1) is 36.3 Å². The van der Waals surface area contributed by atoms with Gasteiger partial charge >= 0.3 is 0 Å². The molecule has 12 heteroatoms. The smallest absolute Gasteiger partial charge is 0.252 e. The molecule has 0 spiro atoms. The van der Waals surface area contributed by atoms with Crippen molar-refractivity contribution in [2.24, 2.45) is 0 Å². The fourth-order valence-corrected chi connectivity index (χ4v) is 4.21. The second-order valence-corrected chi connectivity index (χ2v) is 8.50. The number of hydrogen-bond donors (Lipinski definition) is 2. The summed E-state index contributed by atoms with van der Waals surface area (Å²) in [6, 6.07) is 15.5. The first-order valence-corrected chi connectivity index (χ1v) is 11.3. The second-order valence-electron chi connectivity index (χ2n) is 8.50. The van der Waals surface area contributed by atoms with E-state index in [9.17, 15) is 9.18 Å². The van der Waals surface area contributed by atoms with Crippen LogP contribution in [-0.2, 0) is 16.9 Å². The predicted molar refractivity (Wildman–Crippen MR) is 131 cm³/mol. The van der Waals surface area contributed by atoms with Crippen molar-refractivity contribution in [1.82, 2.24) is 39.7 Å². The number of carbonyl (C=O) groups is 1. The first kappa shape index (κ1) is 22.3. The Kier molecular flexibility index (Phi) is 5.14. The van der Waals surface area contributed by atoms with E-state index in [0.29, 0.717) is 39.5 Å². The van der Waals surface area contributed by atoms with Crippen molar-refractivity contribution in [3.63, 3.8) is 0 Å². The number of rotatable bonds is 6. The molecule has 1 amide bonds. The fraction of sp³-hybridized carbons (Fsp3) is 0.120. The number of amides is 1. The molecule has 0 bridgehead atoms. The molecule has 184 valence electrons. The van der Waals surface area contributed by atoms with Crippen molar-refractivity contribution in [1.29, 1.82) is 0 Å². The van der Waals surface area contributed by atoms with E-state index in [2.05, 4.69) is 30.5 Å². The summed E-state index contributed by atoms with van der Waals surface area (Å²) in [7, 11) is 0. The molecule has 0 unspecified atom stereocenters. The number of halogens is 1. The highest BCUT2D eigenvalue weighted by Crippen LogP contribution is 2.31. The lowest BCUT2D eigenvalue weighted by Gasteiger charge is -2.29. The Labute approximate surface area is 208 Å². The molecule has 0 fully saturated rings. The Bertz CT molecular complexity index is 1730. The van der Waals surface area contributed by atoms with Crippen LogP contribution in [0.5, 0.6) is 0 Å². The Hall–Kier alpha value is -5.13. The molecular weight excluding hydrogens is 477 g/mol. The first-order chi connectivity index (χ1) is 17.9. The maximum atomic E-state index is 13.8. The molecule has 0 saturated carbocycles. The Balaban J connectivity index is 1.47. The molecule has 0 aliphatic carbocycles. The zero-order valence-corrected chi connectivity index (χ0v) is 19.5. The van der Waals surface area contributed by atoms with Gasteiger partial charge in [-0.3, -0.25) is 9.78 Å². The molecule has 5 heterocycles. The molecular formula is C25H20FN9O2. The number of furan rings is 1. The predicted octanol–water partition coefficient (Wildman–Crippen LogP) is 2.93. The van der Waals surface area contributed by atoms with Gasteiger partial charge < -0.3 is 15.5 Å². The zero-order valence-electron chi connectivity index (χ0n) is 19.5.